The van der Waals surface area contributed by atoms with Crippen LogP contribution in [0.5, 0.6) is 0 Å². The van der Waals surface area contributed by atoms with Crippen molar-refractivity contribution in [3.8, 4) is 0 Å². The second-order valence-corrected chi connectivity index (χ2v) is 9.07. The molecule has 1 aromatic rings. The van der Waals surface area contributed by atoms with Gasteiger partial charge in [0.2, 0.25) is 10.0 Å². The highest BCUT2D eigenvalue weighted by Crippen LogP contribution is 2.13. The van der Waals surface area contributed by atoms with Crippen LogP contribution in [0.1, 0.15) is 52.5 Å². The topological polar surface area (TPSA) is 58.2 Å². The summed E-state index contributed by atoms with van der Waals surface area (Å²) in [5, 5.41) is 3.39. The van der Waals surface area contributed by atoms with Gasteiger partial charge in [-0.05, 0) is 57.7 Å². The summed E-state index contributed by atoms with van der Waals surface area (Å²) >= 11 is 0. The monoisotopic (exact) mass is 326 g/mol. The molecule has 0 aliphatic heterocycles. The van der Waals surface area contributed by atoms with Crippen LogP contribution in [0.15, 0.2) is 24.3 Å². The average Bonchev–Trinajstić information content (AvgIpc) is 2.45. The molecule has 0 amide bonds. The zero-order valence-electron chi connectivity index (χ0n) is 14.3. The van der Waals surface area contributed by atoms with Crippen molar-refractivity contribution in [3.63, 3.8) is 0 Å². The van der Waals surface area contributed by atoms with E-state index in [9.17, 15) is 8.42 Å². The minimum absolute atomic E-state index is 0.519. The lowest BCUT2D eigenvalue weighted by atomic mass is 10.1. The van der Waals surface area contributed by atoms with Crippen LogP contribution < -0.4 is 10.0 Å². The van der Waals surface area contributed by atoms with Crippen LogP contribution in [0, 0.1) is 0 Å². The molecule has 4 nitrogen and oxygen atoms in total. The number of aryl methyl sites for hydroxylation is 1. The molecule has 0 saturated carbocycles. The van der Waals surface area contributed by atoms with E-state index >= 15 is 0 Å². The lowest BCUT2D eigenvalue weighted by Gasteiger charge is -2.19. The SMILES string of the molecule is CCc1ccc(NCCCCCNS(=O)(=O)C(C)(C)C)cc1. The molecule has 1 aromatic carbocycles. The molecule has 0 aliphatic rings. The van der Waals surface area contributed by atoms with Gasteiger partial charge in [-0.3, -0.25) is 0 Å². The molecule has 0 fully saturated rings. The van der Waals surface area contributed by atoms with Gasteiger partial charge >= 0.3 is 0 Å². The molecule has 0 aromatic heterocycles. The van der Waals surface area contributed by atoms with Crippen molar-refractivity contribution >= 4 is 15.7 Å². The molecule has 2 N–H and O–H groups in total. The molecule has 5 heteroatoms. The van der Waals surface area contributed by atoms with E-state index in [1.54, 1.807) is 20.8 Å². The van der Waals surface area contributed by atoms with E-state index in [0.29, 0.717) is 6.54 Å². The van der Waals surface area contributed by atoms with E-state index < -0.39 is 14.8 Å². The largest absolute Gasteiger partial charge is 0.385 e. The Kier molecular flexibility index (Phi) is 7.36. The fourth-order valence-corrected chi connectivity index (χ4v) is 2.79. The Morgan fingerprint density at radius 2 is 1.55 bits per heavy atom. The van der Waals surface area contributed by atoms with E-state index in [2.05, 4.69) is 41.2 Å². The van der Waals surface area contributed by atoms with Gasteiger partial charge in [-0.2, -0.15) is 0 Å². The first kappa shape index (κ1) is 19.0. The number of rotatable bonds is 9. The molecule has 0 bridgehead atoms. The van der Waals surface area contributed by atoms with E-state index in [-0.39, 0.29) is 0 Å². The van der Waals surface area contributed by atoms with Crippen molar-refractivity contribution in [2.75, 3.05) is 18.4 Å². The summed E-state index contributed by atoms with van der Waals surface area (Å²) in [6.45, 7) is 8.72. The number of benzene rings is 1. The number of nitrogens with one attached hydrogen (secondary N) is 2. The lowest BCUT2D eigenvalue weighted by molar-refractivity contribution is 0.540. The first-order valence-electron chi connectivity index (χ1n) is 8.08. The summed E-state index contributed by atoms with van der Waals surface area (Å²) in [5.41, 5.74) is 2.49. The maximum Gasteiger partial charge on any atom is 0.216 e. The normalized spacial score (nSPS) is 12.4. The number of hydrogen-bond donors (Lipinski definition) is 2. The van der Waals surface area contributed by atoms with Crippen LogP contribution in [-0.2, 0) is 16.4 Å². The smallest absolute Gasteiger partial charge is 0.216 e. The van der Waals surface area contributed by atoms with E-state index in [1.807, 2.05) is 0 Å². The van der Waals surface area contributed by atoms with Crippen molar-refractivity contribution < 1.29 is 8.42 Å². The Balaban J connectivity index is 2.13. The van der Waals surface area contributed by atoms with E-state index in [1.165, 1.54) is 5.56 Å². The van der Waals surface area contributed by atoms with Gasteiger partial charge < -0.3 is 5.32 Å². The third-order valence-electron chi connectivity index (χ3n) is 3.64. The van der Waals surface area contributed by atoms with Crippen LogP contribution in [0.3, 0.4) is 0 Å². The summed E-state index contributed by atoms with van der Waals surface area (Å²) in [6, 6.07) is 8.50. The molecule has 0 saturated heterocycles. The summed E-state index contributed by atoms with van der Waals surface area (Å²) in [6.07, 6.45) is 3.97. The van der Waals surface area contributed by atoms with Crippen molar-refractivity contribution in [2.24, 2.45) is 0 Å². The number of sulfonamides is 1. The summed E-state index contributed by atoms with van der Waals surface area (Å²) in [4.78, 5) is 0. The van der Waals surface area contributed by atoms with E-state index in [0.717, 1.165) is 37.9 Å². The first-order valence-corrected chi connectivity index (χ1v) is 9.56. The summed E-state index contributed by atoms with van der Waals surface area (Å²) in [7, 11) is -3.21. The molecular formula is C17H30N2O2S. The number of hydrogen-bond acceptors (Lipinski definition) is 3. The molecule has 0 aliphatic carbocycles. The standard InChI is InChI=1S/C17H30N2O2S/c1-5-15-9-11-16(12-10-15)18-13-7-6-8-14-19-22(20,21)17(2,3)4/h9-12,18-19H,5-8,13-14H2,1-4H3. The van der Waals surface area contributed by atoms with Gasteiger partial charge in [0, 0.05) is 18.8 Å². The van der Waals surface area contributed by atoms with Crippen LogP contribution in [0.25, 0.3) is 0 Å². The Morgan fingerprint density at radius 1 is 0.955 bits per heavy atom. The highest BCUT2D eigenvalue weighted by Gasteiger charge is 2.27. The van der Waals surface area contributed by atoms with Crippen molar-refractivity contribution in [1.82, 2.24) is 4.72 Å². The Labute approximate surface area is 135 Å². The Morgan fingerprint density at radius 3 is 2.09 bits per heavy atom. The van der Waals surface area contributed by atoms with Crippen molar-refractivity contribution in [3.05, 3.63) is 29.8 Å². The summed E-state index contributed by atoms with van der Waals surface area (Å²) < 4.78 is 25.6. The van der Waals surface area contributed by atoms with Gasteiger partial charge in [0.05, 0.1) is 4.75 Å². The number of anilines is 1. The Bertz CT molecular complexity index is 531. The zero-order chi connectivity index (χ0) is 16.6. The van der Waals surface area contributed by atoms with Crippen LogP contribution in [0.2, 0.25) is 0 Å². The summed E-state index contributed by atoms with van der Waals surface area (Å²) in [5.74, 6) is 0. The van der Waals surface area contributed by atoms with Crippen molar-refractivity contribution in [2.45, 2.75) is 58.1 Å². The Hall–Kier alpha value is -1.07. The molecule has 0 heterocycles. The second-order valence-electron chi connectivity index (χ2n) is 6.55. The third kappa shape index (κ3) is 6.36. The predicted octanol–water partition coefficient (Wildman–Crippen LogP) is 3.55. The maximum absolute atomic E-state index is 11.9. The van der Waals surface area contributed by atoms with Gasteiger partial charge in [0.1, 0.15) is 0 Å². The fraction of sp³-hybridized carbons (Fsp3) is 0.647. The highest BCUT2D eigenvalue weighted by atomic mass is 32.2. The maximum atomic E-state index is 11.9. The lowest BCUT2D eigenvalue weighted by Crippen LogP contribution is -2.39. The molecule has 0 atom stereocenters. The van der Waals surface area contributed by atoms with Crippen LogP contribution in [-0.4, -0.2) is 26.3 Å². The quantitative estimate of drug-likeness (QED) is 0.682. The molecule has 22 heavy (non-hydrogen) atoms. The predicted molar refractivity (Wildman–Crippen MR) is 94.8 cm³/mol. The van der Waals surface area contributed by atoms with Crippen LogP contribution in [0.4, 0.5) is 5.69 Å². The van der Waals surface area contributed by atoms with Gasteiger partial charge in [-0.25, -0.2) is 13.1 Å². The molecule has 0 unspecified atom stereocenters. The van der Waals surface area contributed by atoms with E-state index in [4.69, 9.17) is 0 Å². The third-order valence-corrected chi connectivity index (χ3v) is 5.84. The molecule has 0 spiro atoms. The molecule has 126 valence electrons. The highest BCUT2D eigenvalue weighted by molar-refractivity contribution is 7.90. The average molecular weight is 327 g/mol. The molecule has 0 radical (unpaired) electrons. The number of unbranched alkanes of at least 4 members (excludes halogenated alkanes) is 2. The minimum atomic E-state index is -3.21. The molecule has 1 rings (SSSR count). The van der Waals surface area contributed by atoms with Gasteiger partial charge in [-0.15, -0.1) is 0 Å². The van der Waals surface area contributed by atoms with Gasteiger partial charge in [0.15, 0.2) is 0 Å². The van der Waals surface area contributed by atoms with Crippen molar-refractivity contribution in [1.29, 1.82) is 0 Å². The van der Waals surface area contributed by atoms with Gasteiger partial charge in [-0.1, -0.05) is 25.5 Å². The molecular weight excluding hydrogens is 296 g/mol. The van der Waals surface area contributed by atoms with Gasteiger partial charge in [0.25, 0.3) is 0 Å². The fourth-order valence-electron chi connectivity index (χ4n) is 1.94. The van der Waals surface area contributed by atoms with Crippen LogP contribution >= 0.6 is 0 Å². The minimum Gasteiger partial charge on any atom is -0.385 e. The first-order chi connectivity index (χ1) is 10.3. The second kappa shape index (κ2) is 8.53. The zero-order valence-corrected chi connectivity index (χ0v) is 15.1.